The van der Waals surface area contributed by atoms with Crippen LogP contribution in [0.25, 0.3) is 0 Å². The molecular formula is C15H24N2. The molecule has 0 bridgehead atoms. The third-order valence-corrected chi connectivity index (χ3v) is 2.92. The summed E-state index contributed by atoms with van der Waals surface area (Å²) in [6.07, 6.45) is 2.97. The highest BCUT2D eigenvalue weighted by atomic mass is 15.1. The zero-order chi connectivity index (χ0) is 12.5. The summed E-state index contributed by atoms with van der Waals surface area (Å²) in [5, 5.41) is 3.39. The third-order valence-electron chi connectivity index (χ3n) is 2.92. The van der Waals surface area contributed by atoms with Crippen molar-refractivity contribution in [1.29, 1.82) is 0 Å². The lowest BCUT2D eigenvalue weighted by Gasteiger charge is -2.21. The first-order chi connectivity index (χ1) is 8.31. The molecule has 0 aliphatic heterocycles. The minimum Gasteiger partial charge on any atom is -0.372 e. The highest BCUT2D eigenvalue weighted by molar-refractivity contribution is 5.47. The van der Waals surface area contributed by atoms with E-state index in [9.17, 15) is 0 Å². The van der Waals surface area contributed by atoms with Crippen LogP contribution in [0.4, 0.5) is 5.69 Å². The topological polar surface area (TPSA) is 15.3 Å². The number of anilines is 1. The van der Waals surface area contributed by atoms with Crippen molar-refractivity contribution < 1.29 is 0 Å². The van der Waals surface area contributed by atoms with E-state index in [1.807, 2.05) is 6.08 Å². The molecule has 0 radical (unpaired) electrons. The second kappa shape index (κ2) is 7.91. The monoisotopic (exact) mass is 232 g/mol. The molecule has 0 fully saturated rings. The summed E-state index contributed by atoms with van der Waals surface area (Å²) in [4.78, 5) is 2.36. The largest absolute Gasteiger partial charge is 0.372 e. The summed E-state index contributed by atoms with van der Waals surface area (Å²) >= 11 is 0. The van der Waals surface area contributed by atoms with Gasteiger partial charge < -0.3 is 10.2 Å². The van der Waals surface area contributed by atoms with Crippen LogP contribution >= 0.6 is 0 Å². The predicted octanol–water partition coefficient (Wildman–Crippen LogP) is 3.20. The molecule has 0 spiro atoms. The number of hydrogen-bond acceptors (Lipinski definition) is 2. The maximum absolute atomic E-state index is 3.71. The van der Waals surface area contributed by atoms with Gasteiger partial charge in [0.2, 0.25) is 0 Å². The van der Waals surface area contributed by atoms with E-state index in [4.69, 9.17) is 0 Å². The fraction of sp³-hybridized carbons (Fsp3) is 0.467. The molecule has 0 unspecified atom stereocenters. The number of rotatable bonds is 8. The molecule has 1 aromatic carbocycles. The van der Waals surface area contributed by atoms with Crippen LogP contribution in [0.3, 0.4) is 0 Å². The Kier molecular flexibility index (Phi) is 6.41. The van der Waals surface area contributed by atoms with Crippen molar-refractivity contribution in [3.05, 3.63) is 42.5 Å². The first kappa shape index (κ1) is 13.8. The molecule has 0 atom stereocenters. The zero-order valence-corrected chi connectivity index (χ0v) is 11.1. The molecule has 0 aliphatic carbocycles. The predicted molar refractivity (Wildman–Crippen MR) is 76.5 cm³/mol. The van der Waals surface area contributed by atoms with Crippen LogP contribution in [0.5, 0.6) is 0 Å². The Morgan fingerprint density at radius 2 is 1.82 bits per heavy atom. The maximum atomic E-state index is 3.71. The van der Waals surface area contributed by atoms with Crippen molar-refractivity contribution in [3.8, 4) is 0 Å². The first-order valence-electron chi connectivity index (χ1n) is 6.47. The van der Waals surface area contributed by atoms with Crippen LogP contribution in [0.2, 0.25) is 0 Å². The van der Waals surface area contributed by atoms with Crippen molar-refractivity contribution in [1.82, 2.24) is 5.32 Å². The standard InChI is InChI=1S/C15H24N2/c1-4-7-12-16-13-14-8-10-15(11-9-14)17(5-2)6-3/h4,8-11,16H,1,5-7,12-13H2,2-3H3. The van der Waals surface area contributed by atoms with E-state index in [2.05, 4.69) is 54.9 Å². The smallest absolute Gasteiger partial charge is 0.0366 e. The quantitative estimate of drug-likeness (QED) is 0.547. The average molecular weight is 232 g/mol. The molecule has 1 rings (SSSR count). The Morgan fingerprint density at radius 1 is 1.18 bits per heavy atom. The van der Waals surface area contributed by atoms with Crippen LogP contribution in [0.1, 0.15) is 25.8 Å². The summed E-state index contributed by atoms with van der Waals surface area (Å²) in [5.74, 6) is 0. The van der Waals surface area contributed by atoms with Gasteiger partial charge in [0, 0.05) is 25.3 Å². The van der Waals surface area contributed by atoms with Gasteiger partial charge in [-0.2, -0.15) is 0 Å². The Labute approximate surface area is 105 Å². The van der Waals surface area contributed by atoms with E-state index < -0.39 is 0 Å². The molecule has 1 N–H and O–H groups in total. The molecule has 2 nitrogen and oxygen atoms in total. The summed E-state index contributed by atoms with van der Waals surface area (Å²) < 4.78 is 0. The SMILES string of the molecule is C=CCCNCc1ccc(N(CC)CC)cc1. The van der Waals surface area contributed by atoms with Crippen LogP contribution in [-0.4, -0.2) is 19.6 Å². The number of benzene rings is 1. The second-order valence-corrected chi connectivity index (χ2v) is 4.09. The summed E-state index contributed by atoms with van der Waals surface area (Å²) in [6.45, 7) is 12.2. The van der Waals surface area contributed by atoms with Gasteiger partial charge in [0.05, 0.1) is 0 Å². The Hall–Kier alpha value is -1.28. The minimum absolute atomic E-state index is 0.937. The lowest BCUT2D eigenvalue weighted by Crippen LogP contribution is -2.21. The van der Waals surface area contributed by atoms with E-state index >= 15 is 0 Å². The number of hydrogen-bond donors (Lipinski definition) is 1. The molecule has 0 heterocycles. The minimum atomic E-state index is 0.937. The van der Waals surface area contributed by atoms with Gasteiger partial charge in [-0.25, -0.2) is 0 Å². The van der Waals surface area contributed by atoms with Crippen LogP contribution < -0.4 is 10.2 Å². The van der Waals surface area contributed by atoms with E-state index in [0.29, 0.717) is 0 Å². The molecule has 0 aliphatic rings. The van der Waals surface area contributed by atoms with Crippen molar-refractivity contribution in [2.24, 2.45) is 0 Å². The Balaban J connectivity index is 2.46. The maximum Gasteiger partial charge on any atom is 0.0366 e. The van der Waals surface area contributed by atoms with Gasteiger partial charge in [0.1, 0.15) is 0 Å². The fourth-order valence-electron chi connectivity index (χ4n) is 1.85. The molecule has 17 heavy (non-hydrogen) atoms. The number of nitrogens with zero attached hydrogens (tertiary/aromatic N) is 1. The first-order valence-corrected chi connectivity index (χ1v) is 6.47. The van der Waals surface area contributed by atoms with Crippen molar-refractivity contribution in [2.45, 2.75) is 26.8 Å². The lowest BCUT2D eigenvalue weighted by atomic mass is 10.2. The molecule has 0 saturated carbocycles. The van der Waals surface area contributed by atoms with Gasteiger partial charge in [0.15, 0.2) is 0 Å². The Bertz CT molecular complexity index is 312. The van der Waals surface area contributed by atoms with E-state index in [0.717, 1.165) is 32.6 Å². The molecule has 0 aromatic heterocycles. The van der Waals surface area contributed by atoms with Gasteiger partial charge in [-0.15, -0.1) is 6.58 Å². The summed E-state index contributed by atoms with van der Waals surface area (Å²) in [5.41, 5.74) is 2.65. The zero-order valence-electron chi connectivity index (χ0n) is 11.1. The molecule has 1 aromatic rings. The van der Waals surface area contributed by atoms with E-state index in [1.165, 1.54) is 11.3 Å². The van der Waals surface area contributed by atoms with E-state index in [-0.39, 0.29) is 0 Å². The van der Waals surface area contributed by atoms with Gasteiger partial charge in [-0.05, 0) is 44.5 Å². The Morgan fingerprint density at radius 3 is 2.35 bits per heavy atom. The highest BCUT2D eigenvalue weighted by Crippen LogP contribution is 2.14. The third kappa shape index (κ3) is 4.61. The summed E-state index contributed by atoms with van der Waals surface area (Å²) in [6, 6.07) is 8.82. The second-order valence-electron chi connectivity index (χ2n) is 4.09. The van der Waals surface area contributed by atoms with Gasteiger partial charge in [-0.3, -0.25) is 0 Å². The van der Waals surface area contributed by atoms with Gasteiger partial charge in [-0.1, -0.05) is 18.2 Å². The van der Waals surface area contributed by atoms with E-state index in [1.54, 1.807) is 0 Å². The van der Waals surface area contributed by atoms with Crippen LogP contribution in [0, 0.1) is 0 Å². The van der Waals surface area contributed by atoms with Crippen molar-refractivity contribution in [2.75, 3.05) is 24.5 Å². The lowest BCUT2D eigenvalue weighted by molar-refractivity contribution is 0.696. The van der Waals surface area contributed by atoms with Gasteiger partial charge >= 0.3 is 0 Å². The average Bonchev–Trinajstić information content (AvgIpc) is 2.38. The van der Waals surface area contributed by atoms with Crippen LogP contribution in [-0.2, 0) is 6.54 Å². The molecule has 0 saturated heterocycles. The molecular weight excluding hydrogens is 208 g/mol. The number of nitrogens with one attached hydrogen (secondary N) is 1. The fourth-order valence-corrected chi connectivity index (χ4v) is 1.85. The molecule has 2 heteroatoms. The van der Waals surface area contributed by atoms with Gasteiger partial charge in [0.25, 0.3) is 0 Å². The van der Waals surface area contributed by atoms with Crippen molar-refractivity contribution >= 4 is 5.69 Å². The van der Waals surface area contributed by atoms with Crippen LogP contribution in [0.15, 0.2) is 36.9 Å². The van der Waals surface area contributed by atoms with Crippen molar-refractivity contribution in [3.63, 3.8) is 0 Å². The normalized spacial score (nSPS) is 10.2. The molecule has 94 valence electrons. The molecule has 0 amide bonds. The highest BCUT2D eigenvalue weighted by Gasteiger charge is 2.00. The summed E-state index contributed by atoms with van der Waals surface area (Å²) in [7, 11) is 0.